The molecule has 3 aliphatic heterocycles. The average Bonchev–Trinajstić information content (AvgIpc) is 2.80. The highest BCUT2D eigenvalue weighted by atomic mass is 19.1. The summed E-state index contributed by atoms with van der Waals surface area (Å²) in [4.78, 5) is 14.8. The molecule has 3 heterocycles. The lowest BCUT2D eigenvalue weighted by atomic mass is 9.64. The predicted molar refractivity (Wildman–Crippen MR) is 127 cm³/mol. The van der Waals surface area contributed by atoms with Gasteiger partial charge in [0.25, 0.3) is 0 Å². The van der Waals surface area contributed by atoms with Gasteiger partial charge in [-0.05, 0) is 76.7 Å². The van der Waals surface area contributed by atoms with Crippen molar-refractivity contribution in [1.82, 2.24) is 4.90 Å². The number of piperidine rings is 1. The van der Waals surface area contributed by atoms with Crippen LogP contribution in [-0.2, 0) is 9.53 Å². The van der Waals surface area contributed by atoms with E-state index in [9.17, 15) is 14.3 Å². The van der Waals surface area contributed by atoms with Crippen LogP contribution in [0.3, 0.4) is 0 Å². The van der Waals surface area contributed by atoms with Gasteiger partial charge in [-0.15, -0.1) is 0 Å². The Bertz CT molecular complexity index is 1090. The van der Waals surface area contributed by atoms with Gasteiger partial charge in [0.1, 0.15) is 11.4 Å². The summed E-state index contributed by atoms with van der Waals surface area (Å²) in [6.07, 6.45) is 2.80. The Balaban J connectivity index is 1.22. The van der Waals surface area contributed by atoms with E-state index in [0.717, 1.165) is 37.9 Å². The first kappa shape index (κ1) is 23.1. The van der Waals surface area contributed by atoms with E-state index in [0.29, 0.717) is 30.2 Å². The van der Waals surface area contributed by atoms with Crippen LogP contribution in [0.5, 0.6) is 11.5 Å². The maximum absolute atomic E-state index is 13.8. The molecule has 2 saturated heterocycles. The second-order valence-electron chi connectivity index (χ2n) is 10.7. The molecule has 1 spiro atoms. The number of hydrogen-bond donors (Lipinski definition) is 2. The molecule has 2 N–H and O–H groups in total. The highest BCUT2D eigenvalue weighted by Crippen LogP contribution is 2.56. The van der Waals surface area contributed by atoms with Gasteiger partial charge in [0.05, 0.1) is 19.3 Å². The Morgan fingerprint density at radius 1 is 1.21 bits per heavy atom. The van der Waals surface area contributed by atoms with E-state index in [1.165, 1.54) is 6.07 Å². The number of rotatable bonds is 3. The van der Waals surface area contributed by atoms with E-state index in [1.807, 2.05) is 12.1 Å². The molecule has 0 aliphatic carbocycles. The Labute approximate surface area is 200 Å². The smallest absolute Gasteiger partial charge is 0.238 e. The van der Waals surface area contributed by atoms with Crippen molar-refractivity contribution in [3.05, 3.63) is 53.3 Å². The number of para-hydroxylation sites is 1. The minimum atomic E-state index is -0.455. The van der Waals surface area contributed by atoms with Crippen molar-refractivity contribution in [3.8, 4) is 11.5 Å². The van der Waals surface area contributed by atoms with Gasteiger partial charge in [-0.25, -0.2) is 4.39 Å². The standard InChI is InChI=1S/C27H33FN2O4/c1-17-20(28)7-5-8-21(17)29-23(32)15-30-12-10-27(11-13-30)14-19-24(33-16-27)18-6-4-9-22(31)25(18)34-26(19,2)3/h4-9,19,24,31H,10-16H2,1-3H3,(H,29,32)/t19-,24+/m0/s1. The van der Waals surface area contributed by atoms with Crippen LogP contribution in [0.25, 0.3) is 0 Å². The largest absolute Gasteiger partial charge is 0.504 e. The molecule has 5 rings (SSSR count). The molecule has 0 unspecified atom stereocenters. The number of anilines is 1. The number of carbonyl (C=O) groups excluding carboxylic acids is 1. The van der Waals surface area contributed by atoms with Crippen molar-refractivity contribution >= 4 is 11.6 Å². The molecule has 3 aliphatic rings. The van der Waals surface area contributed by atoms with Gasteiger partial charge >= 0.3 is 0 Å². The van der Waals surface area contributed by atoms with Gasteiger partial charge in [0.15, 0.2) is 11.5 Å². The Kier molecular flexibility index (Phi) is 5.81. The molecule has 0 aromatic heterocycles. The number of nitrogens with one attached hydrogen (secondary N) is 1. The van der Waals surface area contributed by atoms with Crippen molar-refractivity contribution in [1.29, 1.82) is 0 Å². The molecule has 0 radical (unpaired) electrons. The van der Waals surface area contributed by atoms with Crippen LogP contribution in [0.4, 0.5) is 10.1 Å². The minimum Gasteiger partial charge on any atom is -0.504 e. The summed E-state index contributed by atoms with van der Waals surface area (Å²) >= 11 is 0. The lowest BCUT2D eigenvalue weighted by Crippen LogP contribution is -2.54. The number of likely N-dealkylation sites (tertiary alicyclic amines) is 1. The fraction of sp³-hybridized carbons (Fsp3) is 0.519. The first-order valence-corrected chi connectivity index (χ1v) is 12.1. The number of amides is 1. The number of ether oxygens (including phenoxy) is 2. The molecule has 2 aromatic rings. The van der Waals surface area contributed by atoms with Crippen LogP contribution in [0, 0.1) is 24.1 Å². The van der Waals surface area contributed by atoms with Gasteiger partial charge in [-0.3, -0.25) is 9.69 Å². The second-order valence-corrected chi connectivity index (χ2v) is 10.7. The molecule has 0 bridgehead atoms. The summed E-state index contributed by atoms with van der Waals surface area (Å²) in [6.45, 7) is 8.42. The summed E-state index contributed by atoms with van der Waals surface area (Å²) < 4.78 is 26.5. The number of halogens is 1. The topological polar surface area (TPSA) is 71.0 Å². The Hall–Kier alpha value is -2.64. The zero-order chi connectivity index (χ0) is 24.1. The molecule has 0 saturated carbocycles. The fourth-order valence-electron chi connectivity index (χ4n) is 5.82. The maximum atomic E-state index is 13.8. The van der Waals surface area contributed by atoms with Crippen molar-refractivity contribution < 1.29 is 23.8 Å². The molecule has 34 heavy (non-hydrogen) atoms. The summed E-state index contributed by atoms with van der Waals surface area (Å²) in [5.74, 6) is 0.442. The third kappa shape index (κ3) is 4.16. The lowest BCUT2D eigenvalue weighted by Gasteiger charge is -2.54. The number of aromatic hydroxyl groups is 1. The van der Waals surface area contributed by atoms with Crippen molar-refractivity contribution in [2.75, 3.05) is 31.6 Å². The number of carbonyl (C=O) groups is 1. The van der Waals surface area contributed by atoms with Gasteiger partial charge in [0, 0.05) is 22.7 Å². The van der Waals surface area contributed by atoms with Crippen LogP contribution in [0.2, 0.25) is 0 Å². The summed E-state index contributed by atoms with van der Waals surface area (Å²) in [5, 5.41) is 13.2. The molecule has 2 fully saturated rings. The zero-order valence-corrected chi connectivity index (χ0v) is 20.1. The first-order valence-electron chi connectivity index (χ1n) is 12.1. The second kappa shape index (κ2) is 8.54. The van der Waals surface area contributed by atoms with Crippen molar-refractivity contribution in [3.63, 3.8) is 0 Å². The van der Waals surface area contributed by atoms with Crippen LogP contribution in [0.1, 0.15) is 50.3 Å². The fourth-order valence-corrected chi connectivity index (χ4v) is 5.82. The van der Waals surface area contributed by atoms with Crippen molar-refractivity contribution in [2.45, 2.75) is 51.7 Å². The number of fused-ring (bicyclic) bond motifs is 3. The Morgan fingerprint density at radius 2 is 1.94 bits per heavy atom. The third-order valence-corrected chi connectivity index (χ3v) is 8.00. The predicted octanol–water partition coefficient (Wildman–Crippen LogP) is 4.81. The summed E-state index contributed by atoms with van der Waals surface area (Å²) in [7, 11) is 0. The van der Waals surface area contributed by atoms with E-state index < -0.39 is 5.60 Å². The number of hydrogen-bond acceptors (Lipinski definition) is 5. The van der Waals surface area contributed by atoms with E-state index in [-0.39, 0.29) is 34.9 Å². The van der Waals surface area contributed by atoms with E-state index >= 15 is 0 Å². The van der Waals surface area contributed by atoms with E-state index in [1.54, 1.807) is 25.1 Å². The van der Waals surface area contributed by atoms with Gasteiger partial charge < -0.3 is 19.9 Å². The molecule has 2 aromatic carbocycles. The number of phenolic OH excluding ortho intramolecular Hbond substituents is 1. The molecule has 6 nitrogen and oxygen atoms in total. The summed E-state index contributed by atoms with van der Waals surface area (Å²) in [5.41, 5.74) is 1.51. The molecule has 182 valence electrons. The number of nitrogens with zero attached hydrogens (tertiary/aromatic N) is 1. The minimum absolute atomic E-state index is 0.0578. The van der Waals surface area contributed by atoms with Crippen LogP contribution < -0.4 is 10.1 Å². The molecular formula is C27H33FN2O4. The first-order chi connectivity index (χ1) is 16.2. The van der Waals surface area contributed by atoms with Crippen molar-refractivity contribution in [2.24, 2.45) is 11.3 Å². The highest BCUT2D eigenvalue weighted by Gasteiger charge is 2.53. The molecular weight excluding hydrogens is 435 g/mol. The highest BCUT2D eigenvalue weighted by molar-refractivity contribution is 5.93. The molecule has 2 atom stereocenters. The Morgan fingerprint density at radius 3 is 2.71 bits per heavy atom. The van der Waals surface area contributed by atoms with E-state index in [2.05, 4.69) is 24.1 Å². The van der Waals surface area contributed by atoms with Crippen LogP contribution in [0.15, 0.2) is 36.4 Å². The van der Waals surface area contributed by atoms with Gasteiger partial charge in [-0.2, -0.15) is 0 Å². The number of phenols is 1. The maximum Gasteiger partial charge on any atom is 0.238 e. The average molecular weight is 469 g/mol. The van der Waals surface area contributed by atoms with E-state index in [4.69, 9.17) is 9.47 Å². The van der Waals surface area contributed by atoms with Crippen LogP contribution >= 0.6 is 0 Å². The monoisotopic (exact) mass is 468 g/mol. The lowest BCUT2D eigenvalue weighted by molar-refractivity contribution is -0.174. The number of benzene rings is 2. The quantitative estimate of drug-likeness (QED) is 0.677. The van der Waals surface area contributed by atoms with Gasteiger partial charge in [-0.1, -0.05) is 18.2 Å². The summed E-state index contributed by atoms with van der Waals surface area (Å²) in [6, 6.07) is 10.2. The zero-order valence-electron chi connectivity index (χ0n) is 20.1. The SMILES string of the molecule is Cc1c(F)cccc1NC(=O)CN1CCC2(CC1)CO[C@@H]1c3cccc(O)c3OC(C)(C)[C@H]1C2. The molecule has 1 amide bonds. The van der Waals surface area contributed by atoms with Gasteiger partial charge in [0.2, 0.25) is 5.91 Å². The van der Waals surface area contributed by atoms with Crippen LogP contribution in [-0.4, -0.2) is 47.8 Å². The molecule has 7 heteroatoms. The normalized spacial score (nSPS) is 25.2. The third-order valence-electron chi connectivity index (χ3n) is 8.00.